The number of hydrogen-bond donors (Lipinski definition) is 0. The van der Waals surface area contributed by atoms with Gasteiger partial charge in [-0.2, -0.15) is 5.26 Å². The zero-order chi connectivity index (χ0) is 12.8. The SMILES string of the molecule is N#Cc1ccc(C2CCC(/C=C/C=O)CC2)cc1. The summed E-state index contributed by atoms with van der Waals surface area (Å²) in [7, 11) is 0. The lowest BCUT2D eigenvalue weighted by Gasteiger charge is -2.27. The summed E-state index contributed by atoms with van der Waals surface area (Å²) >= 11 is 0. The van der Waals surface area contributed by atoms with Crippen LogP contribution in [0.5, 0.6) is 0 Å². The van der Waals surface area contributed by atoms with Crippen molar-refractivity contribution in [1.29, 1.82) is 5.26 Å². The Hall–Kier alpha value is -1.88. The summed E-state index contributed by atoms with van der Waals surface area (Å²) in [6.45, 7) is 0. The summed E-state index contributed by atoms with van der Waals surface area (Å²) in [5.74, 6) is 1.17. The lowest BCUT2D eigenvalue weighted by atomic mass is 9.78. The Morgan fingerprint density at radius 3 is 2.33 bits per heavy atom. The number of hydrogen-bond acceptors (Lipinski definition) is 2. The molecule has 0 radical (unpaired) electrons. The quantitative estimate of drug-likeness (QED) is 0.597. The van der Waals surface area contributed by atoms with E-state index < -0.39 is 0 Å². The highest BCUT2D eigenvalue weighted by molar-refractivity contribution is 5.64. The highest BCUT2D eigenvalue weighted by Crippen LogP contribution is 2.36. The molecule has 1 saturated carbocycles. The summed E-state index contributed by atoms with van der Waals surface area (Å²) in [6.07, 6.45) is 9.13. The molecule has 18 heavy (non-hydrogen) atoms. The van der Waals surface area contributed by atoms with Crippen LogP contribution in [0.4, 0.5) is 0 Å². The van der Waals surface area contributed by atoms with Gasteiger partial charge in [-0.1, -0.05) is 18.2 Å². The molecule has 0 heterocycles. The van der Waals surface area contributed by atoms with Crippen molar-refractivity contribution in [2.45, 2.75) is 31.6 Å². The third kappa shape index (κ3) is 3.07. The van der Waals surface area contributed by atoms with Gasteiger partial charge in [-0.15, -0.1) is 0 Å². The zero-order valence-electron chi connectivity index (χ0n) is 10.4. The standard InChI is InChI=1S/C16H17NO/c17-12-14-5-9-16(10-6-14)15-7-3-13(4-8-15)2-1-11-18/h1-2,5-6,9-11,13,15H,3-4,7-8H2/b2-1+. The predicted octanol–water partition coefficient (Wildman–Crippen LogP) is 3.59. The van der Waals surface area contributed by atoms with Gasteiger partial charge in [-0.05, 0) is 61.3 Å². The van der Waals surface area contributed by atoms with Crippen molar-refractivity contribution in [2.75, 3.05) is 0 Å². The number of aldehydes is 1. The normalized spacial score (nSPS) is 23.7. The van der Waals surface area contributed by atoms with Crippen molar-refractivity contribution in [3.8, 4) is 6.07 Å². The highest BCUT2D eigenvalue weighted by atomic mass is 16.1. The summed E-state index contributed by atoms with van der Waals surface area (Å²) in [5.41, 5.74) is 2.06. The van der Waals surface area contributed by atoms with Gasteiger partial charge in [0.05, 0.1) is 11.6 Å². The van der Waals surface area contributed by atoms with Gasteiger partial charge in [0.2, 0.25) is 0 Å². The van der Waals surface area contributed by atoms with Gasteiger partial charge in [0.1, 0.15) is 6.29 Å². The van der Waals surface area contributed by atoms with Crippen LogP contribution in [0.15, 0.2) is 36.4 Å². The summed E-state index contributed by atoms with van der Waals surface area (Å²) in [5, 5.41) is 8.77. The first-order valence-electron chi connectivity index (χ1n) is 6.45. The maximum absolute atomic E-state index is 10.3. The summed E-state index contributed by atoms with van der Waals surface area (Å²) in [6, 6.07) is 10.1. The first kappa shape index (κ1) is 12.6. The molecule has 2 rings (SSSR count). The molecule has 0 aliphatic heterocycles. The average Bonchev–Trinajstić information content (AvgIpc) is 2.46. The first-order chi connectivity index (χ1) is 8.83. The average molecular weight is 239 g/mol. The molecule has 0 aromatic heterocycles. The van der Waals surface area contributed by atoms with Crippen LogP contribution in [-0.4, -0.2) is 6.29 Å². The zero-order valence-corrected chi connectivity index (χ0v) is 10.4. The first-order valence-corrected chi connectivity index (χ1v) is 6.45. The van der Waals surface area contributed by atoms with Crippen LogP contribution in [0.1, 0.15) is 42.7 Å². The number of rotatable bonds is 3. The van der Waals surface area contributed by atoms with Crippen molar-refractivity contribution < 1.29 is 4.79 Å². The Balaban J connectivity index is 1.94. The molecule has 1 fully saturated rings. The van der Waals surface area contributed by atoms with E-state index in [9.17, 15) is 4.79 Å². The molecule has 92 valence electrons. The molecule has 2 nitrogen and oxygen atoms in total. The van der Waals surface area contributed by atoms with Gasteiger partial charge in [-0.25, -0.2) is 0 Å². The number of allylic oxidation sites excluding steroid dienone is 2. The maximum atomic E-state index is 10.3. The minimum absolute atomic E-state index is 0.560. The van der Waals surface area contributed by atoms with E-state index in [1.165, 1.54) is 18.4 Å². The van der Waals surface area contributed by atoms with E-state index in [0.29, 0.717) is 11.8 Å². The van der Waals surface area contributed by atoms with Crippen LogP contribution in [0, 0.1) is 17.2 Å². The number of nitrogens with zero attached hydrogens (tertiary/aromatic N) is 1. The molecule has 1 aliphatic carbocycles. The molecule has 0 amide bonds. The van der Waals surface area contributed by atoms with Crippen LogP contribution in [-0.2, 0) is 4.79 Å². The van der Waals surface area contributed by atoms with Gasteiger partial charge in [0.15, 0.2) is 0 Å². The molecule has 1 aliphatic rings. The van der Waals surface area contributed by atoms with Crippen molar-refractivity contribution in [1.82, 2.24) is 0 Å². The number of nitriles is 1. The molecule has 0 atom stereocenters. The minimum Gasteiger partial charge on any atom is -0.299 e. The minimum atomic E-state index is 0.560. The van der Waals surface area contributed by atoms with E-state index in [0.717, 1.165) is 24.7 Å². The molecular weight excluding hydrogens is 222 g/mol. The predicted molar refractivity (Wildman–Crippen MR) is 71.1 cm³/mol. The molecule has 0 N–H and O–H groups in total. The Morgan fingerprint density at radius 1 is 1.11 bits per heavy atom. The van der Waals surface area contributed by atoms with Gasteiger partial charge in [0, 0.05) is 0 Å². The Bertz CT molecular complexity index is 459. The molecule has 1 aromatic rings. The van der Waals surface area contributed by atoms with E-state index in [4.69, 9.17) is 5.26 Å². The van der Waals surface area contributed by atoms with E-state index >= 15 is 0 Å². The molecular formula is C16H17NO. The van der Waals surface area contributed by atoms with Crippen molar-refractivity contribution in [3.05, 3.63) is 47.5 Å². The van der Waals surface area contributed by atoms with Crippen LogP contribution < -0.4 is 0 Å². The summed E-state index contributed by atoms with van der Waals surface area (Å²) < 4.78 is 0. The Labute approximate surface area is 108 Å². The molecule has 2 heteroatoms. The largest absolute Gasteiger partial charge is 0.299 e. The second-order valence-corrected chi connectivity index (χ2v) is 4.87. The number of benzene rings is 1. The lowest BCUT2D eigenvalue weighted by Crippen LogP contribution is -2.11. The topological polar surface area (TPSA) is 40.9 Å². The lowest BCUT2D eigenvalue weighted by molar-refractivity contribution is -0.104. The third-order valence-electron chi connectivity index (χ3n) is 3.74. The molecule has 0 spiro atoms. The highest BCUT2D eigenvalue weighted by Gasteiger charge is 2.20. The van der Waals surface area contributed by atoms with E-state index in [2.05, 4.69) is 18.2 Å². The van der Waals surface area contributed by atoms with Crippen LogP contribution >= 0.6 is 0 Å². The molecule has 0 unspecified atom stereocenters. The van der Waals surface area contributed by atoms with E-state index in [-0.39, 0.29) is 0 Å². The third-order valence-corrected chi connectivity index (χ3v) is 3.74. The van der Waals surface area contributed by atoms with Crippen molar-refractivity contribution in [2.24, 2.45) is 5.92 Å². The Kier molecular flexibility index (Phi) is 4.30. The monoisotopic (exact) mass is 239 g/mol. The van der Waals surface area contributed by atoms with E-state index in [1.807, 2.05) is 18.2 Å². The van der Waals surface area contributed by atoms with Gasteiger partial charge >= 0.3 is 0 Å². The Morgan fingerprint density at radius 2 is 1.78 bits per heavy atom. The fourth-order valence-corrected chi connectivity index (χ4v) is 2.68. The van der Waals surface area contributed by atoms with Crippen LogP contribution in [0.2, 0.25) is 0 Å². The second kappa shape index (κ2) is 6.16. The number of carbonyl (C=O) groups excluding carboxylic acids is 1. The van der Waals surface area contributed by atoms with Gasteiger partial charge < -0.3 is 0 Å². The van der Waals surface area contributed by atoms with Crippen LogP contribution in [0.3, 0.4) is 0 Å². The van der Waals surface area contributed by atoms with Gasteiger partial charge in [0.25, 0.3) is 0 Å². The fraction of sp³-hybridized carbons (Fsp3) is 0.375. The fourth-order valence-electron chi connectivity index (χ4n) is 2.68. The number of carbonyl (C=O) groups is 1. The van der Waals surface area contributed by atoms with Gasteiger partial charge in [-0.3, -0.25) is 4.79 Å². The van der Waals surface area contributed by atoms with Crippen LogP contribution in [0.25, 0.3) is 0 Å². The second-order valence-electron chi connectivity index (χ2n) is 4.87. The van der Waals surface area contributed by atoms with E-state index in [1.54, 1.807) is 6.08 Å². The van der Waals surface area contributed by atoms with Crippen molar-refractivity contribution in [3.63, 3.8) is 0 Å². The maximum Gasteiger partial charge on any atom is 0.142 e. The smallest absolute Gasteiger partial charge is 0.142 e. The molecule has 0 saturated heterocycles. The molecule has 1 aromatic carbocycles. The summed E-state index contributed by atoms with van der Waals surface area (Å²) in [4.78, 5) is 10.3. The van der Waals surface area contributed by atoms with Crippen molar-refractivity contribution >= 4 is 6.29 Å². The molecule has 0 bridgehead atoms.